The zero-order valence-corrected chi connectivity index (χ0v) is 8.09. The van der Waals surface area contributed by atoms with Crippen molar-refractivity contribution in [1.29, 1.82) is 0 Å². The molecule has 0 unspecified atom stereocenters. The number of aryl methyl sites for hydroxylation is 1. The normalized spacial score (nSPS) is 10.0. The molecule has 0 saturated heterocycles. The number of likely N-dealkylation sites (N-methyl/N-ethyl adjacent to an activating group) is 1. The third-order valence-corrected chi connectivity index (χ3v) is 1.84. The van der Waals surface area contributed by atoms with E-state index >= 15 is 0 Å². The van der Waals surface area contributed by atoms with Gasteiger partial charge in [0.25, 0.3) is 0 Å². The van der Waals surface area contributed by atoms with E-state index in [1.165, 1.54) is 0 Å². The molecule has 0 radical (unpaired) electrons. The molecule has 0 saturated carbocycles. The summed E-state index contributed by atoms with van der Waals surface area (Å²) >= 11 is 0. The van der Waals surface area contributed by atoms with Gasteiger partial charge in [-0.05, 0) is 31.7 Å². The molecule has 1 aromatic carbocycles. The molecular weight excluding hydrogens is 164 g/mol. The highest BCUT2D eigenvalue weighted by Gasteiger charge is 1.98. The number of rotatable bonds is 4. The summed E-state index contributed by atoms with van der Waals surface area (Å²) in [5.74, 6) is 0.307. The van der Waals surface area contributed by atoms with Crippen LogP contribution in [0.4, 0.5) is 5.69 Å². The second-order valence-electron chi connectivity index (χ2n) is 3.05. The van der Waals surface area contributed by atoms with E-state index in [-0.39, 0.29) is 0 Å². The molecule has 3 nitrogen and oxygen atoms in total. The van der Waals surface area contributed by atoms with E-state index in [0.29, 0.717) is 5.75 Å². The Morgan fingerprint density at radius 1 is 1.31 bits per heavy atom. The Labute approximate surface area is 78.8 Å². The van der Waals surface area contributed by atoms with E-state index < -0.39 is 0 Å². The van der Waals surface area contributed by atoms with Crippen molar-refractivity contribution < 1.29 is 5.11 Å². The van der Waals surface area contributed by atoms with E-state index in [2.05, 4.69) is 10.6 Å². The molecule has 3 N–H and O–H groups in total. The maximum atomic E-state index is 9.45. The van der Waals surface area contributed by atoms with Gasteiger partial charge < -0.3 is 15.7 Å². The number of anilines is 1. The number of phenols is 1. The van der Waals surface area contributed by atoms with Gasteiger partial charge in [-0.25, -0.2) is 0 Å². The van der Waals surface area contributed by atoms with Crippen molar-refractivity contribution >= 4 is 5.69 Å². The summed E-state index contributed by atoms with van der Waals surface area (Å²) < 4.78 is 0. The number of hydrogen-bond donors (Lipinski definition) is 3. The Morgan fingerprint density at radius 2 is 2.08 bits per heavy atom. The summed E-state index contributed by atoms with van der Waals surface area (Å²) in [6, 6.07) is 5.53. The number of nitrogens with one attached hydrogen (secondary N) is 2. The predicted octanol–water partition coefficient (Wildman–Crippen LogP) is 1.33. The molecule has 13 heavy (non-hydrogen) atoms. The first kappa shape index (κ1) is 9.86. The molecule has 1 aromatic rings. The molecule has 0 bridgehead atoms. The SMILES string of the molecule is CNCCNc1cc(C)ccc1O. The standard InChI is InChI=1S/C10H16N2O/c1-8-3-4-10(13)9(7-8)12-6-5-11-2/h3-4,7,11-13H,5-6H2,1-2H3. The van der Waals surface area contributed by atoms with Crippen LogP contribution in [-0.2, 0) is 0 Å². The van der Waals surface area contributed by atoms with Crippen molar-refractivity contribution in [3.8, 4) is 5.75 Å². The lowest BCUT2D eigenvalue weighted by Crippen LogP contribution is -2.17. The smallest absolute Gasteiger partial charge is 0.138 e. The Balaban J connectivity index is 2.59. The lowest BCUT2D eigenvalue weighted by Gasteiger charge is -2.08. The Kier molecular flexibility index (Phi) is 3.58. The van der Waals surface area contributed by atoms with E-state index in [9.17, 15) is 5.11 Å². The highest BCUT2D eigenvalue weighted by molar-refractivity contribution is 5.57. The fourth-order valence-electron chi connectivity index (χ4n) is 1.11. The minimum atomic E-state index is 0.307. The molecular formula is C10H16N2O. The van der Waals surface area contributed by atoms with Gasteiger partial charge in [-0.3, -0.25) is 0 Å². The monoisotopic (exact) mass is 180 g/mol. The molecule has 0 aliphatic rings. The van der Waals surface area contributed by atoms with Gasteiger partial charge in [-0.2, -0.15) is 0 Å². The second kappa shape index (κ2) is 4.72. The van der Waals surface area contributed by atoms with Gasteiger partial charge in [0, 0.05) is 13.1 Å². The summed E-state index contributed by atoms with van der Waals surface area (Å²) in [6.07, 6.45) is 0. The van der Waals surface area contributed by atoms with Crippen LogP contribution in [-0.4, -0.2) is 25.2 Å². The quantitative estimate of drug-likeness (QED) is 0.484. The van der Waals surface area contributed by atoms with Crippen LogP contribution in [0.2, 0.25) is 0 Å². The van der Waals surface area contributed by atoms with E-state index in [1.807, 2.05) is 26.1 Å². The van der Waals surface area contributed by atoms with Gasteiger partial charge in [0.15, 0.2) is 0 Å². The summed E-state index contributed by atoms with van der Waals surface area (Å²) in [5, 5.41) is 15.6. The van der Waals surface area contributed by atoms with Crippen LogP contribution in [0.3, 0.4) is 0 Å². The van der Waals surface area contributed by atoms with Crippen LogP contribution in [0, 0.1) is 6.92 Å². The van der Waals surface area contributed by atoms with Crippen molar-refractivity contribution in [2.24, 2.45) is 0 Å². The molecule has 0 spiro atoms. The van der Waals surface area contributed by atoms with Gasteiger partial charge >= 0.3 is 0 Å². The van der Waals surface area contributed by atoms with Crippen molar-refractivity contribution in [3.05, 3.63) is 23.8 Å². The Hall–Kier alpha value is -1.22. The molecule has 0 fully saturated rings. The van der Waals surface area contributed by atoms with Gasteiger partial charge in [0.1, 0.15) is 5.75 Å². The first-order valence-electron chi connectivity index (χ1n) is 4.42. The van der Waals surface area contributed by atoms with Crippen molar-refractivity contribution in [1.82, 2.24) is 5.32 Å². The molecule has 1 rings (SSSR count). The number of phenolic OH excluding ortho intramolecular Hbond substituents is 1. The third-order valence-electron chi connectivity index (χ3n) is 1.84. The van der Waals surface area contributed by atoms with Gasteiger partial charge in [0.2, 0.25) is 0 Å². The predicted molar refractivity (Wildman–Crippen MR) is 55.3 cm³/mol. The van der Waals surface area contributed by atoms with Crippen LogP contribution in [0.1, 0.15) is 5.56 Å². The second-order valence-corrected chi connectivity index (χ2v) is 3.05. The minimum absolute atomic E-state index is 0.307. The number of hydrogen-bond acceptors (Lipinski definition) is 3. The highest BCUT2D eigenvalue weighted by Crippen LogP contribution is 2.23. The van der Waals surface area contributed by atoms with Crippen LogP contribution in [0.5, 0.6) is 5.75 Å². The highest BCUT2D eigenvalue weighted by atomic mass is 16.3. The molecule has 0 atom stereocenters. The topological polar surface area (TPSA) is 44.3 Å². The van der Waals surface area contributed by atoms with Crippen LogP contribution in [0.25, 0.3) is 0 Å². The lowest BCUT2D eigenvalue weighted by atomic mass is 10.2. The van der Waals surface area contributed by atoms with Gasteiger partial charge in [-0.1, -0.05) is 6.07 Å². The minimum Gasteiger partial charge on any atom is -0.506 e. The van der Waals surface area contributed by atoms with Crippen LogP contribution in [0.15, 0.2) is 18.2 Å². The maximum absolute atomic E-state index is 9.45. The molecule has 0 aromatic heterocycles. The zero-order valence-electron chi connectivity index (χ0n) is 8.09. The molecule has 0 heterocycles. The van der Waals surface area contributed by atoms with E-state index in [4.69, 9.17) is 0 Å². The van der Waals surface area contributed by atoms with Gasteiger partial charge in [-0.15, -0.1) is 0 Å². The number of aromatic hydroxyl groups is 1. The molecule has 3 heteroatoms. The van der Waals surface area contributed by atoms with Crippen LogP contribution >= 0.6 is 0 Å². The number of benzene rings is 1. The van der Waals surface area contributed by atoms with Crippen molar-refractivity contribution in [2.45, 2.75) is 6.92 Å². The largest absolute Gasteiger partial charge is 0.506 e. The molecule has 72 valence electrons. The maximum Gasteiger partial charge on any atom is 0.138 e. The van der Waals surface area contributed by atoms with Crippen LogP contribution < -0.4 is 10.6 Å². The molecule has 0 aliphatic heterocycles. The van der Waals surface area contributed by atoms with E-state index in [0.717, 1.165) is 24.3 Å². The average Bonchev–Trinajstić information content (AvgIpc) is 2.11. The molecule has 0 aliphatic carbocycles. The molecule has 0 amide bonds. The summed E-state index contributed by atoms with van der Waals surface area (Å²) in [7, 11) is 1.90. The van der Waals surface area contributed by atoms with E-state index in [1.54, 1.807) is 6.07 Å². The fourth-order valence-corrected chi connectivity index (χ4v) is 1.11. The summed E-state index contributed by atoms with van der Waals surface area (Å²) in [6.45, 7) is 3.70. The van der Waals surface area contributed by atoms with Gasteiger partial charge in [0.05, 0.1) is 5.69 Å². The summed E-state index contributed by atoms with van der Waals surface area (Å²) in [5.41, 5.74) is 1.94. The summed E-state index contributed by atoms with van der Waals surface area (Å²) in [4.78, 5) is 0. The van der Waals surface area contributed by atoms with Crippen molar-refractivity contribution in [3.63, 3.8) is 0 Å². The first-order chi connectivity index (χ1) is 6.24. The Morgan fingerprint density at radius 3 is 2.77 bits per heavy atom. The Bertz CT molecular complexity index is 274. The van der Waals surface area contributed by atoms with Crippen molar-refractivity contribution in [2.75, 3.05) is 25.5 Å². The zero-order chi connectivity index (χ0) is 9.68. The first-order valence-corrected chi connectivity index (χ1v) is 4.42. The average molecular weight is 180 g/mol. The third kappa shape index (κ3) is 2.95. The lowest BCUT2D eigenvalue weighted by molar-refractivity contribution is 0.477. The fraction of sp³-hybridized carbons (Fsp3) is 0.400.